The van der Waals surface area contributed by atoms with E-state index in [1.54, 1.807) is 11.1 Å². The molecule has 0 amide bonds. The van der Waals surface area contributed by atoms with Gasteiger partial charge in [-0.15, -0.1) is 0 Å². The van der Waals surface area contributed by atoms with Crippen LogP contribution in [0.1, 0.15) is 58.8 Å². The molecule has 0 heterocycles. The van der Waals surface area contributed by atoms with Gasteiger partial charge in [0.15, 0.2) is 0 Å². The second kappa shape index (κ2) is 11.0. The molecule has 0 fully saturated rings. The Morgan fingerprint density at radius 1 is 0.850 bits per heavy atom. The molecule has 0 aromatic rings. The van der Waals surface area contributed by atoms with Crippen molar-refractivity contribution in [1.29, 1.82) is 0 Å². The minimum absolute atomic E-state index is 0. The van der Waals surface area contributed by atoms with Gasteiger partial charge in [-0.2, -0.15) is 0 Å². The maximum Gasteiger partial charge on any atom is -1.00 e. The summed E-state index contributed by atoms with van der Waals surface area (Å²) in [7, 11) is 0. The van der Waals surface area contributed by atoms with E-state index in [0.717, 1.165) is 0 Å². The van der Waals surface area contributed by atoms with Crippen LogP contribution in [0.4, 0.5) is 0 Å². The molecule has 0 aromatic heterocycles. The molecule has 0 bridgehead atoms. The molecule has 0 nitrogen and oxygen atoms in total. The van der Waals surface area contributed by atoms with Gasteiger partial charge in [-0.25, -0.2) is 0 Å². The van der Waals surface area contributed by atoms with Gasteiger partial charge in [-0.1, -0.05) is 0 Å². The molecule has 0 atom stereocenters. The van der Waals surface area contributed by atoms with E-state index in [1.807, 2.05) is 6.66 Å². The molecule has 0 saturated heterocycles. The Morgan fingerprint density at radius 3 is 1.90 bits per heavy atom. The van der Waals surface area contributed by atoms with E-state index in [2.05, 4.69) is 38.2 Å². The quantitative estimate of drug-likeness (QED) is 0.434. The van der Waals surface area contributed by atoms with Gasteiger partial charge in [0.05, 0.1) is 0 Å². The fourth-order valence-corrected chi connectivity index (χ4v) is 8.19. The third kappa shape index (κ3) is 5.66. The van der Waals surface area contributed by atoms with Crippen LogP contribution in [0.15, 0.2) is 42.1 Å². The minimum Gasteiger partial charge on any atom is -1.00 e. The first-order valence-electron chi connectivity index (χ1n) is 7.39. The summed E-state index contributed by atoms with van der Waals surface area (Å²) in [4.78, 5) is 0. The summed E-state index contributed by atoms with van der Waals surface area (Å²) in [6.07, 6.45) is 18.8. The van der Waals surface area contributed by atoms with Crippen molar-refractivity contribution in [2.45, 2.75) is 58.8 Å². The van der Waals surface area contributed by atoms with E-state index in [1.165, 1.54) is 44.9 Å². The van der Waals surface area contributed by atoms with E-state index in [4.69, 9.17) is 0 Å². The van der Waals surface area contributed by atoms with E-state index in [0.29, 0.717) is 0 Å². The normalized spacial score (nSPS) is 16.3. The smallest absolute Gasteiger partial charge is 1.00 e. The first kappa shape index (κ1) is 20.4. The van der Waals surface area contributed by atoms with Crippen LogP contribution < -0.4 is 24.8 Å². The first-order valence-corrected chi connectivity index (χ1v) is 11.0. The molecule has 3 heteroatoms. The molecule has 0 radical (unpaired) electrons. The van der Waals surface area contributed by atoms with E-state index < -0.39 is 22.9 Å². The summed E-state index contributed by atoms with van der Waals surface area (Å²) >= 11 is -0.695. The van der Waals surface area contributed by atoms with Gasteiger partial charge >= 0.3 is 124 Å². The van der Waals surface area contributed by atoms with Crippen LogP contribution in [-0.4, -0.2) is 0 Å². The van der Waals surface area contributed by atoms with Crippen LogP contribution in [0.2, 0.25) is 0 Å². The van der Waals surface area contributed by atoms with Crippen molar-refractivity contribution in [3.8, 4) is 0 Å². The summed E-state index contributed by atoms with van der Waals surface area (Å²) < 4.78 is 3.76. The molecular weight excluding hydrogens is 454 g/mol. The summed E-state index contributed by atoms with van der Waals surface area (Å²) in [5.74, 6) is 0. The van der Waals surface area contributed by atoms with Crippen LogP contribution in [0.25, 0.3) is 0 Å². The fourth-order valence-electron chi connectivity index (χ4n) is 2.65. The molecule has 0 N–H and O–H groups in total. The zero-order chi connectivity index (χ0) is 12.8. The molecule has 20 heavy (non-hydrogen) atoms. The molecule has 0 aliphatic heterocycles. The Kier molecular flexibility index (Phi) is 11.3. The van der Waals surface area contributed by atoms with Crippen molar-refractivity contribution < 1.29 is 47.7 Å². The van der Waals surface area contributed by atoms with Gasteiger partial charge in [-0.3, -0.25) is 0 Å². The number of hydrogen-bond donors (Lipinski definition) is 0. The largest absolute Gasteiger partial charge is 1.00 e. The van der Waals surface area contributed by atoms with Crippen molar-refractivity contribution in [3.05, 3.63) is 42.1 Å². The van der Waals surface area contributed by atoms with E-state index >= 15 is 0 Å². The van der Waals surface area contributed by atoms with Gasteiger partial charge in [0, 0.05) is 0 Å². The predicted octanol–water partition coefficient (Wildman–Crippen LogP) is -0.505. The third-order valence-electron chi connectivity index (χ3n) is 3.68. The molecule has 0 saturated carbocycles. The van der Waals surface area contributed by atoms with Gasteiger partial charge in [0.25, 0.3) is 0 Å². The van der Waals surface area contributed by atoms with Crippen molar-refractivity contribution in [2.24, 2.45) is 0 Å². The third-order valence-corrected chi connectivity index (χ3v) is 9.62. The topological polar surface area (TPSA) is 0 Å². The zero-order valence-electron chi connectivity index (χ0n) is 12.5. The average Bonchev–Trinajstić information content (AvgIpc) is 2.98. The second-order valence-corrected chi connectivity index (χ2v) is 10.4. The maximum atomic E-state index is 2.42. The van der Waals surface area contributed by atoms with Crippen molar-refractivity contribution >= 4 is 0 Å². The average molecular weight is 478 g/mol. The maximum absolute atomic E-state index is 2.42. The van der Waals surface area contributed by atoms with Crippen molar-refractivity contribution in [1.82, 2.24) is 0 Å². The van der Waals surface area contributed by atoms with Gasteiger partial charge in [-0.05, 0) is 0 Å². The number of unbranched alkanes of at least 4 members (excludes halogenated alkanes) is 1. The molecule has 110 valence electrons. The summed E-state index contributed by atoms with van der Waals surface area (Å²) in [6.45, 7) is 4.59. The molecular formula is C17H24Cl2Hf. The zero-order valence-corrected chi connectivity index (χ0v) is 17.6. The Balaban J connectivity index is 0.00000180. The molecule has 0 aromatic carbocycles. The molecule has 2 rings (SSSR count). The Hall–Kier alpha value is 0.410. The summed E-state index contributed by atoms with van der Waals surface area (Å²) in [6, 6.07) is 0. The van der Waals surface area contributed by atoms with E-state index in [9.17, 15) is 0 Å². The van der Waals surface area contributed by atoms with Gasteiger partial charge in [0.1, 0.15) is 0 Å². The molecule has 2 aliphatic rings. The Labute approximate surface area is 148 Å². The first-order chi connectivity index (χ1) is 8.85. The standard InChI is InChI=1S/C9H13.C8H11.2ClH.Hf/c1-2-3-6-9-7-4-5-8-9;1-2-5-8-6-3-4-7-8;;;/h4,7H,2-3,5-6H2,1H3;3,6H,2,4-5H2,1H3;2*1H;/q;;;;+2/p-2. The minimum atomic E-state index is -0.695. The second-order valence-electron chi connectivity index (χ2n) is 5.20. The summed E-state index contributed by atoms with van der Waals surface area (Å²) in [5.41, 5.74) is 3.42. The monoisotopic (exact) mass is 478 g/mol. The van der Waals surface area contributed by atoms with Crippen LogP contribution in [0.5, 0.6) is 0 Å². The summed E-state index contributed by atoms with van der Waals surface area (Å²) in [5, 5.41) is 0. The molecule has 2 aliphatic carbocycles. The molecule has 0 unspecified atom stereocenters. The van der Waals surface area contributed by atoms with Gasteiger partial charge in [0.2, 0.25) is 0 Å². The van der Waals surface area contributed by atoms with Crippen LogP contribution >= 0.6 is 0 Å². The van der Waals surface area contributed by atoms with Gasteiger partial charge < -0.3 is 24.8 Å². The van der Waals surface area contributed by atoms with Crippen LogP contribution in [-0.2, 0) is 22.9 Å². The number of halogens is 2. The SMILES string of the molecule is CCCCC1=[C]([Hf+2][C]2=C(CCC)C=CC2)CC=C1.[Cl-].[Cl-]. The van der Waals surface area contributed by atoms with Crippen LogP contribution in [0, 0.1) is 0 Å². The number of rotatable bonds is 7. The Bertz CT molecular complexity index is 417. The molecule has 0 spiro atoms. The van der Waals surface area contributed by atoms with E-state index in [-0.39, 0.29) is 24.8 Å². The van der Waals surface area contributed by atoms with Crippen molar-refractivity contribution in [3.63, 3.8) is 0 Å². The predicted molar refractivity (Wildman–Crippen MR) is 76.0 cm³/mol. The van der Waals surface area contributed by atoms with Crippen LogP contribution in [0.3, 0.4) is 0 Å². The number of hydrogen-bond acceptors (Lipinski definition) is 0. The number of allylic oxidation sites excluding steroid dienone is 8. The van der Waals surface area contributed by atoms with Crippen molar-refractivity contribution in [2.75, 3.05) is 0 Å². The Morgan fingerprint density at radius 2 is 1.40 bits per heavy atom. The fraction of sp³-hybridized carbons (Fsp3) is 0.529.